The summed E-state index contributed by atoms with van der Waals surface area (Å²) < 4.78 is 6.59. The van der Waals surface area contributed by atoms with Crippen LogP contribution in [0.1, 0.15) is 13.3 Å². The van der Waals surface area contributed by atoms with E-state index in [9.17, 15) is 0 Å². The molecule has 0 aliphatic heterocycles. The monoisotopic (exact) mass is 208 g/mol. The van der Waals surface area contributed by atoms with Crippen molar-refractivity contribution in [3.63, 3.8) is 0 Å². The number of aromatic nitrogens is 1. The Morgan fingerprint density at radius 1 is 1.50 bits per heavy atom. The van der Waals surface area contributed by atoms with E-state index in [1.54, 1.807) is 0 Å². The number of hydrogen-bond donors (Lipinski definition) is 1. The van der Waals surface area contributed by atoms with Crippen LogP contribution in [0, 0.1) is 0 Å². The number of fused-ring (bicyclic) bond motifs is 1. The molecular weight excluding hydrogens is 196 g/mol. The average molecular weight is 208 g/mol. The summed E-state index contributed by atoms with van der Waals surface area (Å²) in [4.78, 5) is 4.18. The van der Waals surface area contributed by atoms with Gasteiger partial charge in [0.2, 0.25) is 0 Å². The van der Waals surface area contributed by atoms with Crippen LogP contribution in [0.15, 0.2) is 18.2 Å². The molecule has 2 N–H and O–H groups in total. The topological polar surface area (TPSA) is 48.1 Å². The third-order valence-corrected chi connectivity index (χ3v) is 2.70. The normalized spacial score (nSPS) is 10.6. The quantitative estimate of drug-likeness (QED) is 0.843. The Morgan fingerprint density at radius 2 is 2.36 bits per heavy atom. The van der Waals surface area contributed by atoms with Crippen molar-refractivity contribution < 1.29 is 4.74 Å². The van der Waals surface area contributed by atoms with Crippen molar-refractivity contribution in [2.75, 3.05) is 12.3 Å². The molecule has 1 aromatic carbocycles. The summed E-state index contributed by atoms with van der Waals surface area (Å²) in [6, 6.07) is 5.85. The van der Waals surface area contributed by atoms with Gasteiger partial charge in [0.05, 0.1) is 16.8 Å². The van der Waals surface area contributed by atoms with E-state index in [1.165, 1.54) is 11.3 Å². The van der Waals surface area contributed by atoms with Gasteiger partial charge in [0, 0.05) is 0 Å². The van der Waals surface area contributed by atoms with Gasteiger partial charge in [-0.25, -0.2) is 4.98 Å². The van der Waals surface area contributed by atoms with Crippen molar-refractivity contribution in [2.45, 2.75) is 13.3 Å². The summed E-state index contributed by atoms with van der Waals surface area (Å²) in [5, 5.41) is 0.604. The van der Waals surface area contributed by atoms with Crippen molar-refractivity contribution in [1.82, 2.24) is 4.98 Å². The number of hydrogen-bond acceptors (Lipinski definition) is 4. The highest BCUT2D eigenvalue weighted by Crippen LogP contribution is 2.27. The van der Waals surface area contributed by atoms with Crippen LogP contribution in [0.25, 0.3) is 10.2 Å². The zero-order chi connectivity index (χ0) is 9.97. The zero-order valence-corrected chi connectivity index (χ0v) is 8.80. The molecular formula is C10H12N2OS. The van der Waals surface area contributed by atoms with E-state index in [4.69, 9.17) is 10.5 Å². The van der Waals surface area contributed by atoms with Gasteiger partial charge in [-0.1, -0.05) is 18.3 Å². The minimum Gasteiger partial charge on any atom is -0.494 e. The first-order valence-corrected chi connectivity index (χ1v) is 5.40. The first-order valence-electron chi connectivity index (χ1n) is 4.58. The number of nitrogens with zero attached hydrogens (tertiary/aromatic N) is 1. The lowest BCUT2D eigenvalue weighted by Gasteiger charge is -2.02. The Hall–Kier alpha value is -1.29. The second-order valence-corrected chi connectivity index (χ2v) is 4.09. The fraction of sp³-hybridized carbons (Fsp3) is 0.300. The van der Waals surface area contributed by atoms with Crippen molar-refractivity contribution in [3.8, 4) is 5.75 Å². The highest BCUT2D eigenvalue weighted by molar-refractivity contribution is 7.22. The molecule has 4 heteroatoms. The molecule has 0 unspecified atom stereocenters. The van der Waals surface area contributed by atoms with Gasteiger partial charge in [-0.3, -0.25) is 0 Å². The highest BCUT2D eigenvalue weighted by Gasteiger charge is 2.02. The van der Waals surface area contributed by atoms with Gasteiger partial charge in [-0.05, 0) is 24.6 Å². The molecule has 0 bridgehead atoms. The number of nitrogen functional groups attached to an aromatic ring is 1. The Labute approximate surface area is 86.5 Å². The molecule has 0 saturated heterocycles. The van der Waals surface area contributed by atoms with Crippen LogP contribution in [0.2, 0.25) is 0 Å². The van der Waals surface area contributed by atoms with Crippen LogP contribution in [-0.4, -0.2) is 11.6 Å². The number of ether oxygens (including phenoxy) is 1. The average Bonchev–Trinajstić information content (AvgIpc) is 2.54. The summed E-state index contributed by atoms with van der Waals surface area (Å²) in [6.07, 6.45) is 1.02. The van der Waals surface area contributed by atoms with Crippen LogP contribution in [0.4, 0.5) is 5.13 Å². The molecule has 74 valence electrons. The van der Waals surface area contributed by atoms with Gasteiger partial charge < -0.3 is 10.5 Å². The molecule has 0 saturated carbocycles. The maximum Gasteiger partial charge on any atom is 0.181 e. The van der Waals surface area contributed by atoms with Gasteiger partial charge in [0.25, 0.3) is 0 Å². The molecule has 0 atom stereocenters. The summed E-state index contributed by atoms with van der Waals surface area (Å²) in [6.45, 7) is 2.84. The smallest absolute Gasteiger partial charge is 0.181 e. The predicted octanol–water partition coefficient (Wildman–Crippen LogP) is 2.67. The molecule has 14 heavy (non-hydrogen) atoms. The van der Waals surface area contributed by atoms with Gasteiger partial charge in [0.15, 0.2) is 5.13 Å². The minimum atomic E-state index is 0.604. The molecule has 0 aliphatic rings. The third kappa shape index (κ3) is 1.80. The number of thiazole rings is 1. The molecule has 0 aliphatic carbocycles. The number of nitrogens with two attached hydrogens (primary N) is 1. The SMILES string of the molecule is CCCOc1ccc2nc(N)sc2c1. The van der Waals surface area contributed by atoms with Gasteiger partial charge in [0.1, 0.15) is 5.75 Å². The first kappa shape index (κ1) is 9.27. The van der Waals surface area contributed by atoms with Gasteiger partial charge >= 0.3 is 0 Å². The molecule has 3 nitrogen and oxygen atoms in total. The second kappa shape index (κ2) is 3.84. The Bertz CT molecular complexity index is 439. The standard InChI is InChI=1S/C10H12N2OS/c1-2-5-13-7-3-4-8-9(6-7)14-10(11)12-8/h3-4,6H,2,5H2,1H3,(H2,11,12). The summed E-state index contributed by atoms with van der Waals surface area (Å²) in [5.74, 6) is 0.892. The van der Waals surface area contributed by atoms with Crippen molar-refractivity contribution in [3.05, 3.63) is 18.2 Å². The summed E-state index contributed by atoms with van der Waals surface area (Å²) in [5.41, 5.74) is 6.55. The number of benzene rings is 1. The fourth-order valence-corrected chi connectivity index (χ4v) is 2.00. The van der Waals surface area contributed by atoms with Crippen molar-refractivity contribution >= 4 is 26.7 Å². The maximum atomic E-state index is 5.61. The van der Waals surface area contributed by atoms with E-state index in [0.717, 1.165) is 29.0 Å². The Morgan fingerprint density at radius 3 is 3.14 bits per heavy atom. The molecule has 1 aromatic heterocycles. The Balaban J connectivity index is 2.31. The van der Waals surface area contributed by atoms with Crippen LogP contribution in [0.5, 0.6) is 5.75 Å². The van der Waals surface area contributed by atoms with E-state index in [2.05, 4.69) is 11.9 Å². The van der Waals surface area contributed by atoms with Crippen molar-refractivity contribution in [1.29, 1.82) is 0 Å². The minimum absolute atomic E-state index is 0.604. The Kier molecular flexibility index (Phi) is 2.54. The van der Waals surface area contributed by atoms with Gasteiger partial charge in [-0.2, -0.15) is 0 Å². The third-order valence-electron chi connectivity index (χ3n) is 1.85. The lowest BCUT2D eigenvalue weighted by Crippen LogP contribution is -1.93. The van der Waals surface area contributed by atoms with Crippen LogP contribution in [0.3, 0.4) is 0 Å². The van der Waals surface area contributed by atoms with E-state index >= 15 is 0 Å². The van der Waals surface area contributed by atoms with Gasteiger partial charge in [-0.15, -0.1) is 0 Å². The zero-order valence-electron chi connectivity index (χ0n) is 7.99. The number of anilines is 1. The second-order valence-electron chi connectivity index (χ2n) is 3.03. The molecule has 0 radical (unpaired) electrons. The molecule has 0 amide bonds. The molecule has 1 heterocycles. The summed E-state index contributed by atoms with van der Waals surface area (Å²) >= 11 is 1.49. The van der Waals surface area contributed by atoms with E-state index in [0.29, 0.717) is 5.13 Å². The molecule has 2 aromatic rings. The summed E-state index contributed by atoms with van der Waals surface area (Å²) in [7, 11) is 0. The van der Waals surface area contributed by atoms with Crippen LogP contribution < -0.4 is 10.5 Å². The lowest BCUT2D eigenvalue weighted by atomic mass is 10.3. The highest BCUT2D eigenvalue weighted by atomic mass is 32.1. The van der Waals surface area contributed by atoms with E-state index in [-0.39, 0.29) is 0 Å². The maximum absolute atomic E-state index is 5.61. The van der Waals surface area contributed by atoms with E-state index < -0.39 is 0 Å². The van der Waals surface area contributed by atoms with Crippen molar-refractivity contribution in [2.24, 2.45) is 0 Å². The van der Waals surface area contributed by atoms with E-state index in [1.807, 2.05) is 18.2 Å². The van der Waals surface area contributed by atoms with Crippen LogP contribution >= 0.6 is 11.3 Å². The fourth-order valence-electron chi connectivity index (χ4n) is 1.23. The first-order chi connectivity index (χ1) is 6.79. The predicted molar refractivity (Wildman–Crippen MR) is 59.8 cm³/mol. The number of rotatable bonds is 3. The van der Waals surface area contributed by atoms with Crippen LogP contribution in [-0.2, 0) is 0 Å². The lowest BCUT2D eigenvalue weighted by molar-refractivity contribution is 0.318. The molecule has 0 fully saturated rings. The molecule has 0 spiro atoms. The molecule has 2 rings (SSSR count). The largest absolute Gasteiger partial charge is 0.494 e.